The van der Waals surface area contributed by atoms with Crippen LogP contribution in [-0.2, 0) is 4.79 Å². The topological polar surface area (TPSA) is 66.0 Å². The molecular formula is C16H13BrN2O2. The van der Waals surface area contributed by atoms with Gasteiger partial charge in [-0.05, 0) is 31.2 Å². The zero-order valence-electron chi connectivity index (χ0n) is 11.4. The van der Waals surface area contributed by atoms with Gasteiger partial charge in [-0.1, -0.05) is 28.1 Å². The Labute approximate surface area is 131 Å². The van der Waals surface area contributed by atoms with E-state index in [4.69, 9.17) is 9.68 Å². The van der Waals surface area contributed by atoms with E-state index in [-0.39, 0.29) is 5.57 Å². The first kappa shape index (κ1) is 15.1. The Hall–Kier alpha value is -2.32. The molecule has 0 fully saturated rings. The van der Waals surface area contributed by atoms with Gasteiger partial charge in [0.2, 0.25) is 0 Å². The highest BCUT2D eigenvalue weighted by Gasteiger charge is 2.09. The Morgan fingerprint density at radius 3 is 2.67 bits per heavy atom. The molecular weight excluding hydrogens is 332 g/mol. The van der Waals surface area contributed by atoms with Gasteiger partial charge >= 0.3 is 0 Å². The van der Waals surface area contributed by atoms with Crippen LogP contribution < -0.4 is 5.32 Å². The lowest BCUT2D eigenvalue weighted by Gasteiger charge is -1.99. The van der Waals surface area contributed by atoms with Crippen molar-refractivity contribution in [2.45, 2.75) is 6.92 Å². The normalized spacial score (nSPS) is 11.0. The Bertz CT molecular complexity index is 709. The maximum Gasteiger partial charge on any atom is 0.262 e. The quantitative estimate of drug-likeness (QED) is 0.678. The van der Waals surface area contributed by atoms with Crippen molar-refractivity contribution in [3.8, 4) is 17.4 Å². The molecule has 0 aliphatic rings. The third-order valence-corrected chi connectivity index (χ3v) is 3.27. The van der Waals surface area contributed by atoms with Crippen molar-refractivity contribution in [3.63, 3.8) is 0 Å². The standard InChI is InChI=1S/C16H13BrN2O2/c1-2-19-16(20)12(10-18)9-14-7-8-15(21-14)11-3-5-13(17)6-4-11/h3-9H,2H2,1H3,(H,19,20). The number of carbonyl (C=O) groups is 1. The molecule has 0 unspecified atom stereocenters. The highest BCUT2D eigenvalue weighted by Crippen LogP contribution is 2.24. The van der Waals surface area contributed by atoms with E-state index in [1.807, 2.05) is 36.4 Å². The number of furan rings is 1. The van der Waals surface area contributed by atoms with Gasteiger partial charge in [0.25, 0.3) is 5.91 Å². The van der Waals surface area contributed by atoms with E-state index < -0.39 is 5.91 Å². The number of nitrogens with zero attached hydrogens (tertiary/aromatic N) is 1. The molecule has 0 aliphatic carbocycles. The van der Waals surface area contributed by atoms with Gasteiger partial charge < -0.3 is 9.73 Å². The molecule has 0 saturated heterocycles. The van der Waals surface area contributed by atoms with Crippen molar-refractivity contribution < 1.29 is 9.21 Å². The molecule has 1 heterocycles. The minimum absolute atomic E-state index is 0.0218. The van der Waals surface area contributed by atoms with Gasteiger partial charge in [0.15, 0.2) is 0 Å². The van der Waals surface area contributed by atoms with E-state index in [1.54, 1.807) is 13.0 Å². The molecule has 106 valence electrons. The fraction of sp³-hybridized carbons (Fsp3) is 0.125. The molecule has 0 bridgehead atoms. The molecule has 0 radical (unpaired) electrons. The number of nitriles is 1. The van der Waals surface area contributed by atoms with Crippen LogP contribution in [0.5, 0.6) is 0 Å². The number of nitrogens with one attached hydrogen (secondary N) is 1. The van der Waals surface area contributed by atoms with E-state index in [9.17, 15) is 4.79 Å². The zero-order chi connectivity index (χ0) is 15.2. The zero-order valence-corrected chi connectivity index (χ0v) is 13.0. The summed E-state index contributed by atoms with van der Waals surface area (Å²) in [5, 5.41) is 11.6. The van der Waals surface area contributed by atoms with Crippen molar-refractivity contribution in [1.29, 1.82) is 5.26 Å². The minimum Gasteiger partial charge on any atom is -0.457 e. The van der Waals surface area contributed by atoms with Crippen molar-refractivity contribution in [3.05, 3.63) is 52.2 Å². The van der Waals surface area contributed by atoms with Crippen LogP contribution in [0.15, 0.2) is 50.9 Å². The largest absolute Gasteiger partial charge is 0.457 e. The second-order valence-electron chi connectivity index (χ2n) is 4.24. The molecule has 21 heavy (non-hydrogen) atoms. The molecule has 2 aromatic rings. The maximum absolute atomic E-state index is 11.6. The van der Waals surface area contributed by atoms with Crippen molar-refractivity contribution in [2.24, 2.45) is 0 Å². The lowest BCUT2D eigenvalue weighted by molar-refractivity contribution is -0.116. The Balaban J connectivity index is 2.25. The van der Waals surface area contributed by atoms with Gasteiger partial charge in [-0.2, -0.15) is 5.26 Å². The average Bonchev–Trinajstić information content (AvgIpc) is 2.94. The maximum atomic E-state index is 11.6. The number of rotatable bonds is 4. The third-order valence-electron chi connectivity index (χ3n) is 2.74. The second kappa shape index (κ2) is 6.91. The summed E-state index contributed by atoms with van der Waals surface area (Å²) in [4.78, 5) is 11.6. The molecule has 1 aromatic carbocycles. The first-order valence-corrected chi connectivity index (χ1v) is 7.19. The number of carbonyl (C=O) groups excluding carboxylic acids is 1. The minimum atomic E-state index is -0.401. The van der Waals surface area contributed by atoms with E-state index in [1.165, 1.54) is 6.08 Å². The molecule has 0 aliphatic heterocycles. The first-order chi connectivity index (χ1) is 10.1. The van der Waals surface area contributed by atoms with Gasteiger partial charge in [0, 0.05) is 22.7 Å². The first-order valence-electron chi connectivity index (χ1n) is 6.40. The molecule has 1 amide bonds. The number of hydrogen-bond donors (Lipinski definition) is 1. The molecule has 2 rings (SSSR count). The van der Waals surface area contributed by atoms with Crippen LogP contribution in [-0.4, -0.2) is 12.5 Å². The lowest BCUT2D eigenvalue weighted by Crippen LogP contribution is -2.23. The smallest absolute Gasteiger partial charge is 0.262 e. The summed E-state index contributed by atoms with van der Waals surface area (Å²) < 4.78 is 6.63. The molecule has 5 heteroatoms. The van der Waals surface area contributed by atoms with Crippen LogP contribution in [0.1, 0.15) is 12.7 Å². The molecule has 0 spiro atoms. The molecule has 4 nitrogen and oxygen atoms in total. The molecule has 1 aromatic heterocycles. The summed E-state index contributed by atoms with van der Waals surface area (Å²) in [6.07, 6.45) is 1.44. The molecule has 1 N–H and O–H groups in total. The number of hydrogen-bond acceptors (Lipinski definition) is 3. The summed E-state index contributed by atoms with van der Waals surface area (Å²) >= 11 is 3.38. The summed E-state index contributed by atoms with van der Waals surface area (Å²) in [6, 6.07) is 13.1. The van der Waals surface area contributed by atoms with Crippen LogP contribution in [0.2, 0.25) is 0 Å². The Morgan fingerprint density at radius 2 is 2.05 bits per heavy atom. The SMILES string of the molecule is CCNC(=O)C(C#N)=Cc1ccc(-c2ccc(Br)cc2)o1. The van der Waals surface area contributed by atoms with Gasteiger partial charge in [-0.3, -0.25) is 4.79 Å². The predicted molar refractivity (Wildman–Crippen MR) is 84.1 cm³/mol. The van der Waals surface area contributed by atoms with E-state index in [0.717, 1.165) is 10.0 Å². The average molecular weight is 345 g/mol. The fourth-order valence-electron chi connectivity index (χ4n) is 1.75. The summed E-state index contributed by atoms with van der Waals surface area (Å²) in [7, 11) is 0. The van der Waals surface area contributed by atoms with Crippen molar-refractivity contribution in [2.75, 3.05) is 6.54 Å². The van der Waals surface area contributed by atoms with Gasteiger partial charge in [0.05, 0.1) is 0 Å². The monoisotopic (exact) mass is 344 g/mol. The fourth-order valence-corrected chi connectivity index (χ4v) is 2.01. The van der Waals surface area contributed by atoms with E-state index in [0.29, 0.717) is 18.1 Å². The van der Waals surface area contributed by atoms with Gasteiger partial charge in [0.1, 0.15) is 23.2 Å². The predicted octanol–water partition coefficient (Wildman–Crippen LogP) is 3.75. The van der Waals surface area contributed by atoms with Crippen LogP contribution in [0.25, 0.3) is 17.4 Å². The van der Waals surface area contributed by atoms with Crippen molar-refractivity contribution in [1.82, 2.24) is 5.32 Å². The van der Waals surface area contributed by atoms with Crippen LogP contribution in [0.4, 0.5) is 0 Å². The number of halogens is 1. The third kappa shape index (κ3) is 3.83. The number of benzene rings is 1. The summed E-state index contributed by atoms with van der Waals surface area (Å²) in [5.41, 5.74) is 0.947. The van der Waals surface area contributed by atoms with Crippen LogP contribution >= 0.6 is 15.9 Å². The van der Waals surface area contributed by atoms with Crippen LogP contribution in [0, 0.1) is 11.3 Å². The highest BCUT2D eigenvalue weighted by molar-refractivity contribution is 9.10. The molecule has 0 atom stereocenters. The number of likely N-dealkylation sites (N-methyl/N-ethyl adjacent to an activating group) is 1. The molecule has 0 saturated carbocycles. The lowest BCUT2D eigenvalue weighted by atomic mass is 10.2. The van der Waals surface area contributed by atoms with Gasteiger partial charge in [-0.15, -0.1) is 0 Å². The van der Waals surface area contributed by atoms with E-state index in [2.05, 4.69) is 21.2 Å². The second-order valence-corrected chi connectivity index (χ2v) is 5.15. The van der Waals surface area contributed by atoms with E-state index >= 15 is 0 Å². The van der Waals surface area contributed by atoms with Crippen molar-refractivity contribution >= 4 is 27.9 Å². The summed E-state index contributed by atoms with van der Waals surface area (Å²) in [5.74, 6) is 0.749. The van der Waals surface area contributed by atoms with Gasteiger partial charge in [-0.25, -0.2) is 0 Å². The summed E-state index contributed by atoms with van der Waals surface area (Å²) in [6.45, 7) is 2.27. The highest BCUT2D eigenvalue weighted by atomic mass is 79.9. The number of amides is 1. The Morgan fingerprint density at radius 1 is 1.33 bits per heavy atom. The van der Waals surface area contributed by atoms with Crippen LogP contribution in [0.3, 0.4) is 0 Å². The Kier molecular flexibility index (Phi) is 4.96.